The van der Waals surface area contributed by atoms with Crippen molar-refractivity contribution in [3.05, 3.63) is 41.9 Å². The normalized spacial score (nSPS) is 19.0. The molecule has 0 bridgehead atoms. The molecule has 2 unspecified atom stereocenters. The number of piperidine rings is 1. The average Bonchev–Trinajstić information content (AvgIpc) is 3.01. The molecule has 1 aliphatic heterocycles. The summed E-state index contributed by atoms with van der Waals surface area (Å²) in [5, 5.41) is 9.92. The van der Waals surface area contributed by atoms with Gasteiger partial charge in [-0.15, -0.1) is 0 Å². The van der Waals surface area contributed by atoms with E-state index in [0.717, 1.165) is 42.8 Å². The highest BCUT2D eigenvalue weighted by Gasteiger charge is 2.29. The van der Waals surface area contributed by atoms with Crippen LogP contribution in [0.25, 0.3) is 11.3 Å². The molecule has 2 aromatic rings. The van der Waals surface area contributed by atoms with E-state index in [1.807, 2.05) is 42.2 Å². The van der Waals surface area contributed by atoms with Gasteiger partial charge in [-0.05, 0) is 33.1 Å². The van der Waals surface area contributed by atoms with Gasteiger partial charge in [0.2, 0.25) is 5.91 Å². The Morgan fingerprint density at radius 2 is 2.12 bits per heavy atom. The average molecular weight is 342 g/mol. The van der Waals surface area contributed by atoms with E-state index >= 15 is 0 Å². The Labute approximate surface area is 148 Å². The molecule has 0 saturated carbocycles. The van der Waals surface area contributed by atoms with Gasteiger partial charge in [0.15, 0.2) is 11.7 Å². The zero-order valence-corrected chi connectivity index (χ0v) is 14.9. The molecule has 1 fully saturated rings. The molecular formula is C20H26N2O3. The lowest BCUT2D eigenvalue weighted by Crippen LogP contribution is -2.49. The molecule has 0 aliphatic carbocycles. The highest BCUT2D eigenvalue weighted by Crippen LogP contribution is 2.25. The van der Waals surface area contributed by atoms with Crippen molar-refractivity contribution in [2.45, 2.75) is 58.1 Å². The van der Waals surface area contributed by atoms with E-state index in [0.29, 0.717) is 18.7 Å². The zero-order valence-electron chi connectivity index (χ0n) is 14.9. The molecule has 1 amide bonds. The summed E-state index contributed by atoms with van der Waals surface area (Å²) in [7, 11) is 0. The van der Waals surface area contributed by atoms with E-state index in [1.54, 1.807) is 6.92 Å². The Bertz CT molecular complexity index is 709. The van der Waals surface area contributed by atoms with Crippen molar-refractivity contribution >= 4 is 5.91 Å². The van der Waals surface area contributed by atoms with Crippen molar-refractivity contribution in [3.63, 3.8) is 0 Å². The predicted octanol–water partition coefficient (Wildman–Crippen LogP) is 3.34. The Morgan fingerprint density at radius 1 is 1.36 bits per heavy atom. The highest BCUT2D eigenvalue weighted by atomic mass is 16.4. The fraction of sp³-hybridized carbons (Fsp3) is 0.500. The molecule has 2 heterocycles. The van der Waals surface area contributed by atoms with Crippen LogP contribution >= 0.6 is 0 Å². The number of benzene rings is 1. The van der Waals surface area contributed by atoms with Crippen LogP contribution in [0.15, 0.2) is 34.7 Å². The first kappa shape index (κ1) is 17.7. The van der Waals surface area contributed by atoms with E-state index in [1.165, 1.54) is 0 Å². The van der Waals surface area contributed by atoms with Crippen LogP contribution in [0.2, 0.25) is 0 Å². The maximum Gasteiger partial charge on any atom is 0.223 e. The Kier molecular flexibility index (Phi) is 5.53. The lowest BCUT2D eigenvalue weighted by molar-refractivity contribution is -0.137. The van der Waals surface area contributed by atoms with E-state index in [9.17, 15) is 9.90 Å². The second kappa shape index (κ2) is 7.83. The molecule has 1 saturated heterocycles. The summed E-state index contributed by atoms with van der Waals surface area (Å²) in [4.78, 5) is 18.9. The van der Waals surface area contributed by atoms with Crippen LogP contribution in [-0.4, -0.2) is 39.6 Å². The molecule has 1 N–H and O–H groups in total. The number of aryl methyl sites for hydroxylation is 2. The fourth-order valence-corrected chi connectivity index (χ4v) is 3.54. The Balaban J connectivity index is 1.64. The van der Waals surface area contributed by atoms with Gasteiger partial charge in [0.25, 0.3) is 0 Å². The maximum absolute atomic E-state index is 12.6. The van der Waals surface area contributed by atoms with Gasteiger partial charge in [-0.1, -0.05) is 30.3 Å². The molecule has 1 aromatic heterocycles. The minimum absolute atomic E-state index is 0.0626. The first-order chi connectivity index (χ1) is 12.1. The minimum atomic E-state index is -0.488. The third-order valence-corrected chi connectivity index (χ3v) is 4.86. The van der Waals surface area contributed by atoms with Crippen LogP contribution in [0.4, 0.5) is 0 Å². The number of carbonyl (C=O) groups excluding carboxylic acids is 1. The first-order valence-corrected chi connectivity index (χ1v) is 9.05. The zero-order chi connectivity index (χ0) is 17.8. The summed E-state index contributed by atoms with van der Waals surface area (Å²) in [6.45, 7) is 4.42. The van der Waals surface area contributed by atoms with Crippen LogP contribution in [0.3, 0.4) is 0 Å². The number of aromatic nitrogens is 1. The van der Waals surface area contributed by atoms with Gasteiger partial charge in [0, 0.05) is 24.9 Å². The largest absolute Gasteiger partial charge is 0.440 e. The van der Waals surface area contributed by atoms with Gasteiger partial charge in [-0.3, -0.25) is 4.79 Å². The van der Waals surface area contributed by atoms with Crippen molar-refractivity contribution in [1.82, 2.24) is 9.88 Å². The van der Waals surface area contributed by atoms with Gasteiger partial charge in [0.05, 0.1) is 17.8 Å². The first-order valence-electron chi connectivity index (χ1n) is 9.05. The molecule has 0 radical (unpaired) electrons. The highest BCUT2D eigenvalue weighted by molar-refractivity contribution is 5.77. The summed E-state index contributed by atoms with van der Waals surface area (Å²) in [5.41, 5.74) is 1.84. The van der Waals surface area contributed by atoms with Gasteiger partial charge in [-0.2, -0.15) is 0 Å². The van der Waals surface area contributed by atoms with Crippen LogP contribution in [-0.2, 0) is 11.2 Å². The van der Waals surface area contributed by atoms with Crippen molar-refractivity contribution in [2.75, 3.05) is 6.54 Å². The maximum atomic E-state index is 12.6. The number of oxazole rings is 1. The summed E-state index contributed by atoms with van der Waals surface area (Å²) in [5.74, 6) is 1.43. The Hall–Kier alpha value is -2.14. The minimum Gasteiger partial charge on any atom is -0.440 e. The summed E-state index contributed by atoms with van der Waals surface area (Å²) >= 11 is 0. The van der Waals surface area contributed by atoms with Crippen molar-refractivity contribution in [1.29, 1.82) is 0 Å². The second-order valence-electron chi connectivity index (χ2n) is 6.78. The number of aliphatic hydroxyl groups excluding tert-OH is 1. The van der Waals surface area contributed by atoms with E-state index in [4.69, 9.17) is 4.42 Å². The molecule has 1 aromatic carbocycles. The van der Waals surface area contributed by atoms with Gasteiger partial charge in [0.1, 0.15) is 0 Å². The van der Waals surface area contributed by atoms with Crippen molar-refractivity contribution < 1.29 is 14.3 Å². The molecule has 5 heteroatoms. The number of hydrogen-bond donors (Lipinski definition) is 1. The monoisotopic (exact) mass is 342 g/mol. The third kappa shape index (κ3) is 4.10. The summed E-state index contributed by atoms with van der Waals surface area (Å²) in [6.07, 6.45) is 3.30. The van der Waals surface area contributed by atoms with Crippen molar-refractivity contribution in [3.8, 4) is 11.3 Å². The van der Waals surface area contributed by atoms with Crippen LogP contribution in [0, 0.1) is 6.92 Å². The smallest absolute Gasteiger partial charge is 0.223 e. The predicted molar refractivity (Wildman–Crippen MR) is 96.0 cm³/mol. The number of rotatable bonds is 5. The lowest BCUT2D eigenvalue weighted by Gasteiger charge is -2.37. The SMILES string of the molecule is Cc1nc(CCC(=O)N2CCCCC2C(C)O)oc1-c1ccccc1. The molecule has 134 valence electrons. The quantitative estimate of drug-likeness (QED) is 0.905. The molecule has 3 rings (SSSR count). The second-order valence-corrected chi connectivity index (χ2v) is 6.78. The van der Waals surface area contributed by atoms with E-state index < -0.39 is 6.10 Å². The molecule has 5 nitrogen and oxygen atoms in total. The number of amides is 1. The number of carbonyl (C=O) groups is 1. The number of nitrogens with zero attached hydrogens (tertiary/aromatic N) is 2. The molecule has 25 heavy (non-hydrogen) atoms. The van der Waals surface area contributed by atoms with Crippen LogP contribution in [0.5, 0.6) is 0 Å². The lowest BCUT2D eigenvalue weighted by atomic mass is 9.97. The Morgan fingerprint density at radius 3 is 2.84 bits per heavy atom. The number of hydrogen-bond acceptors (Lipinski definition) is 4. The topological polar surface area (TPSA) is 66.6 Å². The van der Waals surface area contributed by atoms with Gasteiger partial charge >= 0.3 is 0 Å². The molecule has 2 atom stereocenters. The van der Waals surface area contributed by atoms with Gasteiger partial charge < -0.3 is 14.4 Å². The van der Waals surface area contributed by atoms with Crippen LogP contribution < -0.4 is 0 Å². The molecular weight excluding hydrogens is 316 g/mol. The van der Waals surface area contributed by atoms with Crippen molar-refractivity contribution in [2.24, 2.45) is 0 Å². The van der Waals surface area contributed by atoms with E-state index in [2.05, 4.69) is 4.98 Å². The summed E-state index contributed by atoms with van der Waals surface area (Å²) < 4.78 is 5.88. The molecule has 0 spiro atoms. The van der Waals surface area contributed by atoms with Gasteiger partial charge in [-0.25, -0.2) is 4.98 Å². The third-order valence-electron chi connectivity index (χ3n) is 4.86. The number of aliphatic hydroxyl groups is 1. The number of likely N-dealkylation sites (tertiary alicyclic amines) is 1. The molecule has 1 aliphatic rings. The standard InChI is InChI=1S/C20H26N2O3/c1-14-20(16-8-4-3-5-9-16)25-18(21-14)11-12-19(24)22-13-7-6-10-17(22)15(2)23/h3-5,8-9,15,17,23H,6-7,10-13H2,1-2H3. The summed E-state index contributed by atoms with van der Waals surface area (Å²) in [6, 6.07) is 9.81. The van der Waals surface area contributed by atoms with E-state index in [-0.39, 0.29) is 11.9 Å². The van der Waals surface area contributed by atoms with Crippen LogP contribution in [0.1, 0.15) is 44.2 Å². The fourth-order valence-electron chi connectivity index (χ4n) is 3.54.